The van der Waals surface area contributed by atoms with Crippen LogP contribution in [-0.4, -0.2) is 29.5 Å². The maximum absolute atomic E-state index is 12.1. The van der Waals surface area contributed by atoms with Crippen LogP contribution in [0.5, 0.6) is 0 Å². The number of urea groups is 1. The van der Waals surface area contributed by atoms with E-state index in [4.69, 9.17) is 5.73 Å². The molecule has 0 radical (unpaired) electrons. The van der Waals surface area contributed by atoms with Gasteiger partial charge >= 0.3 is 6.03 Å². The smallest absolute Gasteiger partial charge is 0.319 e. The molecule has 0 saturated heterocycles. The molecule has 1 aliphatic rings. The van der Waals surface area contributed by atoms with E-state index in [2.05, 4.69) is 20.9 Å². The van der Waals surface area contributed by atoms with Gasteiger partial charge in [0.05, 0.1) is 17.3 Å². The quantitative estimate of drug-likeness (QED) is 0.602. The van der Waals surface area contributed by atoms with E-state index in [1.807, 2.05) is 5.38 Å². The van der Waals surface area contributed by atoms with Crippen LogP contribution < -0.4 is 21.7 Å². The highest BCUT2D eigenvalue weighted by atomic mass is 32.1. The summed E-state index contributed by atoms with van der Waals surface area (Å²) in [7, 11) is 0. The van der Waals surface area contributed by atoms with Crippen LogP contribution >= 0.6 is 11.3 Å². The summed E-state index contributed by atoms with van der Waals surface area (Å²) in [6.07, 6.45) is 1.56. The fraction of sp³-hybridized carbons (Fsp3) is 0.462. The number of nitrogens with two attached hydrogens (primary N) is 1. The number of nitrogens with one attached hydrogen (secondary N) is 3. The van der Waals surface area contributed by atoms with E-state index >= 15 is 0 Å². The third kappa shape index (κ3) is 3.94. The number of nitrogens with zero attached hydrogens (tertiary/aromatic N) is 1. The molecule has 0 saturated carbocycles. The van der Waals surface area contributed by atoms with Gasteiger partial charge in [-0.2, -0.15) is 0 Å². The van der Waals surface area contributed by atoms with Gasteiger partial charge in [-0.15, -0.1) is 11.3 Å². The van der Waals surface area contributed by atoms with Crippen LogP contribution in [0, 0.1) is 0 Å². The summed E-state index contributed by atoms with van der Waals surface area (Å²) in [6, 6.07) is -0.574. The minimum absolute atomic E-state index is 0.162. The molecule has 0 aliphatic carbocycles. The second-order valence-electron chi connectivity index (χ2n) is 4.90. The zero-order chi connectivity index (χ0) is 15.4. The first kappa shape index (κ1) is 15.3. The zero-order valence-corrected chi connectivity index (χ0v) is 12.8. The monoisotopic (exact) mass is 309 g/mol. The molecule has 21 heavy (non-hydrogen) atoms. The fourth-order valence-electron chi connectivity index (χ4n) is 2.24. The number of hydrogen-bond donors (Lipinski definition) is 4. The average Bonchev–Trinajstić information content (AvgIpc) is 2.79. The molecule has 1 aromatic heterocycles. The molecular weight excluding hydrogens is 290 g/mol. The Morgan fingerprint density at radius 2 is 2.33 bits per heavy atom. The van der Waals surface area contributed by atoms with Gasteiger partial charge in [0.2, 0.25) is 0 Å². The summed E-state index contributed by atoms with van der Waals surface area (Å²) in [5.41, 5.74) is 7.66. The van der Waals surface area contributed by atoms with E-state index in [1.165, 1.54) is 11.3 Å². The van der Waals surface area contributed by atoms with Crippen molar-refractivity contribution in [3.8, 4) is 0 Å². The van der Waals surface area contributed by atoms with Crippen molar-refractivity contribution in [1.82, 2.24) is 20.9 Å². The van der Waals surface area contributed by atoms with E-state index in [9.17, 15) is 9.59 Å². The number of carbonyl (C=O) groups excluding carboxylic acids is 2. The zero-order valence-electron chi connectivity index (χ0n) is 12.0. The molecule has 2 rings (SSSR count). The lowest BCUT2D eigenvalue weighted by molar-refractivity contribution is -0.117. The molecule has 0 unspecified atom stereocenters. The van der Waals surface area contributed by atoms with E-state index in [0.717, 1.165) is 18.5 Å². The van der Waals surface area contributed by atoms with Crippen molar-refractivity contribution in [3.63, 3.8) is 0 Å². The summed E-state index contributed by atoms with van der Waals surface area (Å²) in [6.45, 7) is 4.06. The van der Waals surface area contributed by atoms with Gasteiger partial charge in [-0.05, 0) is 26.7 Å². The highest BCUT2D eigenvalue weighted by Crippen LogP contribution is 2.13. The van der Waals surface area contributed by atoms with Crippen LogP contribution in [0.2, 0.25) is 0 Å². The Hall–Kier alpha value is -2.09. The van der Waals surface area contributed by atoms with Crippen molar-refractivity contribution in [2.24, 2.45) is 0 Å². The molecule has 8 heteroatoms. The van der Waals surface area contributed by atoms with Crippen molar-refractivity contribution in [3.05, 3.63) is 22.3 Å². The number of carbonyl (C=O) groups is 2. The summed E-state index contributed by atoms with van der Waals surface area (Å²) >= 11 is 1.42. The Morgan fingerprint density at radius 3 is 2.95 bits per heavy atom. The Kier molecular flexibility index (Phi) is 4.79. The topological polar surface area (TPSA) is 109 Å². The lowest BCUT2D eigenvalue weighted by Crippen LogP contribution is -2.50. The molecule has 0 spiro atoms. The van der Waals surface area contributed by atoms with Crippen LogP contribution in [0.25, 0.3) is 0 Å². The maximum Gasteiger partial charge on any atom is 0.319 e. The molecule has 3 amide bonds. The van der Waals surface area contributed by atoms with Gasteiger partial charge in [0, 0.05) is 17.6 Å². The van der Waals surface area contributed by atoms with Gasteiger partial charge in [0.25, 0.3) is 5.91 Å². The number of nitrogen functional groups attached to an aromatic ring is 1. The van der Waals surface area contributed by atoms with Gasteiger partial charge in [0.1, 0.15) is 0 Å². The molecule has 2 heterocycles. The first-order valence-corrected chi connectivity index (χ1v) is 7.61. The van der Waals surface area contributed by atoms with E-state index in [0.29, 0.717) is 22.9 Å². The number of thiazole rings is 1. The minimum Gasteiger partial charge on any atom is -0.375 e. The highest BCUT2D eigenvalue weighted by molar-refractivity contribution is 7.13. The van der Waals surface area contributed by atoms with Gasteiger partial charge in [-0.3, -0.25) is 4.79 Å². The first-order chi connectivity index (χ1) is 9.97. The molecule has 0 aromatic carbocycles. The summed E-state index contributed by atoms with van der Waals surface area (Å²) in [4.78, 5) is 27.6. The predicted octanol–water partition coefficient (Wildman–Crippen LogP) is 0.749. The van der Waals surface area contributed by atoms with Gasteiger partial charge in [-0.1, -0.05) is 0 Å². The van der Waals surface area contributed by atoms with Gasteiger partial charge in [0.15, 0.2) is 5.13 Å². The first-order valence-electron chi connectivity index (χ1n) is 6.73. The van der Waals surface area contributed by atoms with Crippen molar-refractivity contribution in [2.75, 3.05) is 12.3 Å². The third-order valence-electron chi connectivity index (χ3n) is 3.20. The summed E-state index contributed by atoms with van der Waals surface area (Å²) in [5, 5.41) is 10.6. The SMILES string of the molecule is CC1=C(C(=O)NCCCc2csc(N)n2)[C@@H](C)NC(=O)N1. The van der Waals surface area contributed by atoms with Crippen LogP contribution in [0.3, 0.4) is 0 Å². The average molecular weight is 309 g/mol. The number of hydrogen-bond acceptors (Lipinski definition) is 5. The number of rotatable bonds is 5. The molecule has 0 bridgehead atoms. The van der Waals surface area contributed by atoms with Crippen molar-refractivity contribution in [2.45, 2.75) is 32.7 Å². The number of anilines is 1. The Balaban J connectivity index is 1.81. The lowest BCUT2D eigenvalue weighted by Gasteiger charge is -2.25. The number of aryl methyl sites for hydroxylation is 1. The highest BCUT2D eigenvalue weighted by Gasteiger charge is 2.26. The molecule has 1 aromatic rings. The normalized spacial score (nSPS) is 18.2. The molecule has 7 nitrogen and oxygen atoms in total. The molecule has 1 aliphatic heterocycles. The van der Waals surface area contributed by atoms with E-state index in [-0.39, 0.29) is 18.0 Å². The van der Waals surface area contributed by atoms with Crippen LogP contribution in [-0.2, 0) is 11.2 Å². The predicted molar refractivity (Wildman–Crippen MR) is 81.7 cm³/mol. The van der Waals surface area contributed by atoms with E-state index in [1.54, 1.807) is 13.8 Å². The molecule has 1 atom stereocenters. The van der Waals surface area contributed by atoms with E-state index < -0.39 is 0 Å². The second kappa shape index (κ2) is 6.57. The number of aromatic nitrogens is 1. The Morgan fingerprint density at radius 1 is 1.57 bits per heavy atom. The van der Waals surface area contributed by atoms with Crippen LogP contribution in [0.4, 0.5) is 9.93 Å². The molecule has 5 N–H and O–H groups in total. The summed E-state index contributed by atoms with van der Waals surface area (Å²) < 4.78 is 0. The third-order valence-corrected chi connectivity index (χ3v) is 3.92. The number of amides is 3. The van der Waals surface area contributed by atoms with Crippen molar-refractivity contribution < 1.29 is 9.59 Å². The fourth-order valence-corrected chi connectivity index (χ4v) is 2.84. The Labute approximate surface area is 127 Å². The van der Waals surface area contributed by atoms with Crippen LogP contribution in [0.15, 0.2) is 16.7 Å². The Bertz CT molecular complexity index is 581. The molecule has 0 fully saturated rings. The lowest BCUT2D eigenvalue weighted by atomic mass is 10.0. The number of allylic oxidation sites excluding steroid dienone is 1. The largest absolute Gasteiger partial charge is 0.375 e. The van der Waals surface area contributed by atoms with Crippen LogP contribution in [0.1, 0.15) is 26.0 Å². The summed E-state index contributed by atoms with van der Waals surface area (Å²) in [5.74, 6) is -0.162. The molecule has 114 valence electrons. The van der Waals surface area contributed by atoms with Gasteiger partial charge in [-0.25, -0.2) is 9.78 Å². The minimum atomic E-state index is -0.294. The maximum atomic E-state index is 12.1. The van der Waals surface area contributed by atoms with Gasteiger partial charge < -0.3 is 21.7 Å². The molecular formula is C13H19N5O2S. The standard InChI is InChI=1S/C13H19N5O2S/c1-7-10(8(2)17-13(20)16-7)11(19)15-5-3-4-9-6-21-12(14)18-9/h6-7H,3-5H2,1-2H3,(H2,14,18)(H,15,19)(H2,16,17,20)/t7-/m1/s1. The van der Waals surface area contributed by atoms with Crippen molar-refractivity contribution >= 4 is 28.4 Å². The van der Waals surface area contributed by atoms with Crippen molar-refractivity contribution in [1.29, 1.82) is 0 Å². The second-order valence-corrected chi connectivity index (χ2v) is 5.79.